The molecule has 20 heavy (non-hydrogen) atoms. The maximum Gasteiger partial charge on any atom is 0.226 e. The number of hydrogen-bond acceptors (Lipinski definition) is 5. The van der Waals surface area contributed by atoms with Crippen LogP contribution in [0.5, 0.6) is 0 Å². The second-order valence-electron chi connectivity index (χ2n) is 4.87. The summed E-state index contributed by atoms with van der Waals surface area (Å²) in [6.45, 7) is 3.61. The molecule has 0 aliphatic carbocycles. The number of nitrogens with one attached hydrogen (secondary N) is 2. The Kier molecular flexibility index (Phi) is 7.12. The third-order valence-electron chi connectivity index (χ3n) is 3.34. The van der Waals surface area contributed by atoms with E-state index in [0.29, 0.717) is 22.3 Å². The fourth-order valence-corrected chi connectivity index (χ4v) is 2.91. The van der Waals surface area contributed by atoms with Gasteiger partial charge in [-0.3, -0.25) is 9.59 Å². The molecule has 1 aromatic rings. The second kappa shape index (κ2) is 8.34. The molecular formula is C13H20ClN3O2S. The van der Waals surface area contributed by atoms with Gasteiger partial charge in [0.1, 0.15) is 0 Å². The van der Waals surface area contributed by atoms with Gasteiger partial charge in [0.05, 0.1) is 11.1 Å². The molecule has 0 saturated carbocycles. The van der Waals surface area contributed by atoms with E-state index in [-0.39, 0.29) is 24.1 Å². The first kappa shape index (κ1) is 17.1. The highest BCUT2D eigenvalue weighted by Crippen LogP contribution is 2.20. The Hall–Kier alpha value is -0.980. The topological polar surface area (TPSA) is 71.1 Å². The van der Waals surface area contributed by atoms with Gasteiger partial charge >= 0.3 is 0 Å². The van der Waals surface area contributed by atoms with Crippen LogP contribution in [0.3, 0.4) is 0 Å². The van der Waals surface area contributed by atoms with Crippen molar-refractivity contribution in [3.8, 4) is 0 Å². The number of thiazole rings is 1. The minimum absolute atomic E-state index is 0. The molecule has 1 aromatic heterocycles. The number of Topliss-reactive ketones (excluding diaryl/α,β-unsaturated/α-hetero) is 1. The third kappa shape index (κ3) is 5.19. The highest BCUT2D eigenvalue weighted by atomic mass is 35.5. The van der Waals surface area contributed by atoms with E-state index in [2.05, 4.69) is 15.6 Å². The molecule has 1 aliphatic heterocycles. The van der Waals surface area contributed by atoms with Crippen molar-refractivity contribution in [2.45, 2.75) is 32.6 Å². The standard InChI is InChI=1S/C13H19N3O2S.ClH/c1-9(17)11-8-15-13(19-11)16-12(18)3-2-10-4-6-14-7-5-10;/h8,10,14H,2-7H2,1H3,(H,15,16,18);1H. The number of nitrogens with zero attached hydrogens (tertiary/aromatic N) is 1. The summed E-state index contributed by atoms with van der Waals surface area (Å²) < 4.78 is 0. The molecule has 112 valence electrons. The van der Waals surface area contributed by atoms with Gasteiger partial charge < -0.3 is 10.6 Å². The third-order valence-corrected chi connectivity index (χ3v) is 4.35. The zero-order valence-corrected chi connectivity index (χ0v) is 13.1. The number of piperidine rings is 1. The molecule has 0 bridgehead atoms. The maximum absolute atomic E-state index is 11.8. The van der Waals surface area contributed by atoms with Crippen molar-refractivity contribution >= 4 is 40.6 Å². The summed E-state index contributed by atoms with van der Waals surface area (Å²) in [4.78, 5) is 27.5. The van der Waals surface area contributed by atoms with E-state index in [1.807, 2.05) is 0 Å². The van der Waals surface area contributed by atoms with Crippen LogP contribution in [0.4, 0.5) is 5.13 Å². The summed E-state index contributed by atoms with van der Waals surface area (Å²) in [6.07, 6.45) is 5.27. The van der Waals surface area contributed by atoms with Crippen molar-refractivity contribution in [3.63, 3.8) is 0 Å². The Balaban J connectivity index is 0.00000200. The lowest BCUT2D eigenvalue weighted by atomic mass is 9.93. The minimum Gasteiger partial charge on any atom is -0.317 e. The lowest BCUT2D eigenvalue weighted by Gasteiger charge is -2.21. The van der Waals surface area contributed by atoms with Crippen molar-refractivity contribution in [2.24, 2.45) is 5.92 Å². The molecule has 2 heterocycles. The molecule has 1 saturated heterocycles. The van der Waals surface area contributed by atoms with Gasteiger partial charge in [-0.05, 0) is 38.3 Å². The first-order valence-electron chi connectivity index (χ1n) is 6.62. The summed E-state index contributed by atoms with van der Waals surface area (Å²) in [5, 5.41) is 6.59. The number of rotatable bonds is 5. The van der Waals surface area contributed by atoms with Crippen molar-refractivity contribution < 1.29 is 9.59 Å². The summed E-state index contributed by atoms with van der Waals surface area (Å²) in [6, 6.07) is 0. The van der Waals surface area contributed by atoms with Gasteiger partial charge in [0, 0.05) is 13.3 Å². The number of ketones is 1. The Morgan fingerprint density at radius 3 is 2.75 bits per heavy atom. The Labute approximate surface area is 129 Å². The van der Waals surface area contributed by atoms with Gasteiger partial charge in [-0.1, -0.05) is 11.3 Å². The molecule has 0 radical (unpaired) electrons. The van der Waals surface area contributed by atoms with Crippen molar-refractivity contribution in [1.29, 1.82) is 0 Å². The van der Waals surface area contributed by atoms with E-state index in [9.17, 15) is 9.59 Å². The molecule has 0 atom stereocenters. The van der Waals surface area contributed by atoms with Crippen molar-refractivity contribution in [2.75, 3.05) is 18.4 Å². The molecule has 0 aromatic carbocycles. The molecule has 0 spiro atoms. The van der Waals surface area contributed by atoms with Crippen LogP contribution in [0.2, 0.25) is 0 Å². The smallest absolute Gasteiger partial charge is 0.226 e. The number of amides is 1. The number of anilines is 1. The summed E-state index contributed by atoms with van der Waals surface area (Å²) in [5.41, 5.74) is 0. The second-order valence-corrected chi connectivity index (χ2v) is 5.90. The number of halogens is 1. The fraction of sp³-hybridized carbons (Fsp3) is 0.615. The van der Waals surface area contributed by atoms with Gasteiger partial charge in [-0.25, -0.2) is 4.98 Å². The number of carbonyl (C=O) groups is 2. The van der Waals surface area contributed by atoms with E-state index in [1.54, 1.807) is 0 Å². The molecule has 1 amide bonds. The van der Waals surface area contributed by atoms with E-state index >= 15 is 0 Å². The number of hydrogen-bond donors (Lipinski definition) is 2. The normalized spacial score (nSPS) is 15.4. The summed E-state index contributed by atoms with van der Waals surface area (Å²) in [7, 11) is 0. The zero-order chi connectivity index (χ0) is 13.7. The van der Waals surface area contributed by atoms with Gasteiger partial charge in [0.2, 0.25) is 5.91 Å². The zero-order valence-electron chi connectivity index (χ0n) is 11.5. The van der Waals surface area contributed by atoms with Crippen LogP contribution in [0.1, 0.15) is 42.3 Å². The molecule has 2 N–H and O–H groups in total. The summed E-state index contributed by atoms with van der Waals surface area (Å²) in [5.74, 6) is 0.617. The van der Waals surface area contributed by atoms with Gasteiger partial charge in [0.25, 0.3) is 0 Å². The molecule has 7 heteroatoms. The summed E-state index contributed by atoms with van der Waals surface area (Å²) >= 11 is 1.23. The van der Waals surface area contributed by atoms with Crippen molar-refractivity contribution in [3.05, 3.63) is 11.1 Å². The maximum atomic E-state index is 11.8. The molecular weight excluding hydrogens is 298 g/mol. The van der Waals surface area contributed by atoms with Crippen LogP contribution < -0.4 is 10.6 Å². The molecule has 0 unspecified atom stereocenters. The quantitative estimate of drug-likeness (QED) is 0.818. The first-order valence-corrected chi connectivity index (χ1v) is 7.44. The monoisotopic (exact) mass is 317 g/mol. The molecule has 1 aliphatic rings. The van der Waals surface area contributed by atoms with Crippen LogP contribution in [0.15, 0.2) is 6.20 Å². The molecule has 5 nitrogen and oxygen atoms in total. The highest BCUT2D eigenvalue weighted by molar-refractivity contribution is 7.17. The van der Waals surface area contributed by atoms with Crippen LogP contribution in [0.25, 0.3) is 0 Å². The van der Waals surface area contributed by atoms with Crippen molar-refractivity contribution in [1.82, 2.24) is 10.3 Å². The minimum atomic E-state index is -0.0206. The predicted octanol–water partition coefficient (Wildman–Crippen LogP) is 2.49. The lowest BCUT2D eigenvalue weighted by molar-refractivity contribution is -0.116. The Bertz CT molecular complexity index is 458. The highest BCUT2D eigenvalue weighted by Gasteiger charge is 2.15. The first-order chi connectivity index (χ1) is 9.15. The average Bonchev–Trinajstić information content (AvgIpc) is 2.86. The largest absolute Gasteiger partial charge is 0.317 e. The Morgan fingerprint density at radius 2 is 2.15 bits per heavy atom. The van der Waals surface area contributed by atoms with Crippen LogP contribution >= 0.6 is 23.7 Å². The number of aromatic nitrogens is 1. The number of carbonyl (C=O) groups excluding carboxylic acids is 2. The molecule has 2 rings (SSSR count). The van der Waals surface area contributed by atoms with Gasteiger partial charge in [-0.2, -0.15) is 0 Å². The van der Waals surface area contributed by atoms with E-state index in [0.717, 1.165) is 32.4 Å². The molecule has 1 fully saturated rings. The van der Waals surface area contributed by atoms with Gasteiger partial charge in [0.15, 0.2) is 10.9 Å². The fourth-order valence-electron chi connectivity index (χ4n) is 2.18. The van der Waals surface area contributed by atoms with Gasteiger partial charge in [-0.15, -0.1) is 12.4 Å². The van der Waals surface area contributed by atoms with E-state index < -0.39 is 0 Å². The Morgan fingerprint density at radius 1 is 1.45 bits per heavy atom. The predicted molar refractivity (Wildman–Crippen MR) is 82.8 cm³/mol. The van der Waals surface area contributed by atoms with E-state index in [1.165, 1.54) is 24.5 Å². The lowest BCUT2D eigenvalue weighted by Crippen LogP contribution is -2.28. The average molecular weight is 318 g/mol. The van der Waals surface area contributed by atoms with Crippen LogP contribution in [0, 0.1) is 5.92 Å². The van der Waals surface area contributed by atoms with Crippen LogP contribution in [-0.2, 0) is 4.79 Å². The van der Waals surface area contributed by atoms with Crippen LogP contribution in [-0.4, -0.2) is 29.8 Å². The SMILES string of the molecule is CC(=O)c1cnc(NC(=O)CCC2CCNCC2)s1.Cl. The van der Waals surface area contributed by atoms with E-state index in [4.69, 9.17) is 0 Å².